The Morgan fingerprint density at radius 2 is 1.75 bits per heavy atom. The van der Waals surface area contributed by atoms with Crippen molar-refractivity contribution >= 4 is 21.9 Å². The Morgan fingerprint density at radius 3 is 2.35 bits per heavy atom. The van der Waals surface area contributed by atoms with Crippen LogP contribution in [0.25, 0.3) is 0 Å². The fourth-order valence-electron chi connectivity index (χ4n) is 3.66. The third-order valence-corrected chi connectivity index (χ3v) is 5.67. The van der Waals surface area contributed by atoms with Crippen LogP contribution in [0.5, 0.6) is 11.5 Å². The van der Waals surface area contributed by atoms with Gasteiger partial charge >= 0.3 is 5.97 Å². The van der Waals surface area contributed by atoms with Crippen molar-refractivity contribution in [2.24, 2.45) is 0 Å². The molecule has 1 aromatic carbocycles. The number of ether oxygens (including phenoxy) is 2. The molecule has 1 aliphatic carbocycles. The van der Waals surface area contributed by atoms with Gasteiger partial charge in [0, 0.05) is 29.5 Å². The second kappa shape index (κ2) is 4.13. The number of halogens is 1. The monoisotopic (exact) mass is 338 g/mol. The molecular weight excluding hydrogens is 324 g/mol. The second-order valence-corrected chi connectivity index (χ2v) is 6.54. The number of hydrogen-bond acceptors (Lipinski definition) is 3. The Hall–Kier alpha value is -1.23. The van der Waals surface area contributed by atoms with E-state index in [1.807, 2.05) is 0 Å². The Labute approximate surface area is 125 Å². The van der Waals surface area contributed by atoms with E-state index in [-0.39, 0.29) is 0 Å². The van der Waals surface area contributed by atoms with Crippen molar-refractivity contribution in [1.82, 2.24) is 0 Å². The zero-order valence-electron chi connectivity index (χ0n) is 11.0. The molecule has 0 radical (unpaired) electrons. The van der Waals surface area contributed by atoms with Gasteiger partial charge in [-0.15, -0.1) is 0 Å². The van der Waals surface area contributed by atoms with Gasteiger partial charge in [0.1, 0.15) is 11.5 Å². The summed E-state index contributed by atoms with van der Waals surface area (Å²) in [6.45, 7) is 1.25. The van der Waals surface area contributed by atoms with Gasteiger partial charge in [-0.3, -0.25) is 4.79 Å². The summed E-state index contributed by atoms with van der Waals surface area (Å²) in [6, 6.07) is 0. The van der Waals surface area contributed by atoms with Crippen LogP contribution in [0.2, 0.25) is 0 Å². The first-order chi connectivity index (χ1) is 9.65. The minimum atomic E-state index is -0.757. The minimum Gasteiger partial charge on any atom is -0.493 e. The maximum Gasteiger partial charge on any atom is 0.314 e. The van der Waals surface area contributed by atoms with E-state index in [0.717, 1.165) is 51.9 Å². The molecule has 1 fully saturated rings. The molecule has 3 aliphatic rings. The number of aliphatic carboxylic acids is 1. The van der Waals surface area contributed by atoms with Crippen molar-refractivity contribution in [3.63, 3.8) is 0 Å². The summed E-state index contributed by atoms with van der Waals surface area (Å²) in [7, 11) is 0. The quantitative estimate of drug-likeness (QED) is 0.900. The molecule has 5 heteroatoms. The van der Waals surface area contributed by atoms with E-state index in [0.29, 0.717) is 26.1 Å². The lowest BCUT2D eigenvalue weighted by atomic mass is 9.62. The van der Waals surface area contributed by atoms with Gasteiger partial charge in [0.15, 0.2) is 0 Å². The summed E-state index contributed by atoms with van der Waals surface area (Å²) in [4.78, 5) is 11.9. The molecule has 1 saturated carbocycles. The molecule has 2 heterocycles. The Kier molecular flexibility index (Phi) is 2.58. The van der Waals surface area contributed by atoms with E-state index in [2.05, 4.69) is 15.9 Å². The van der Waals surface area contributed by atoms with E-state index in [1.165, 1.54) is 0 Å². The first kappa shape index (κ1) is 12.5. The van der Waals surface area contributed by atoms with E-state index >= 15 is 0 Å². The van der Waals surface area contributed by atoms with Crippen molar-refractivity contribution in [2.75, 3.05) is 13.2 Å². The van der Waals surface area contributed by atoms with Crippen molar-refractivity contribution in [3.05, 3.63) is 21.2 Å². The number of hydrogen-bond donors (Lipinski definition) is 1. The Balaban J connectivity index is 2.03. The van der Waals surface area contributed by atoms with Gasteiger partial charge < -0.3 is 14.6 Å². The molecule has 0 unspecified atom stereocenters. The molecule has 0 bridgehead atoms. The van der Waals surface area contributed by atoms with Gasteiger partial charge in [-0.25, -0.2) is 0 Å². The van der Waals surface area contributed by atoms with E-state index < -0.39 is 11.4 Å². The molecule has 1 N–H and O–H groups in total. The number of fused-ring (bicyclic) bond motifs is 2. The fraction of sp³-hybridized carbons (Fsp3) is 0.533. The number of benzene rings is 1. The summed E-state index contributed by atoms with van der Waals surface area (Å²) < 4.78 is 12.5. The number of rotatable bonds is 2. The van der Waals surface area contributed by atoms with Gasteiger partial charge in [-0.05, 0) is 28.8 Å². The fourth-order valence-corrected chi connectivity index (χ4v) is 4.39. The predicted octanol–water partition coefficient (Wildman–Crippen LogP) is 2.83. The van der Waals surface area contributed by atoms with Gasteiger partial charge in [-0.2, -0.15) is 0 Å². The van der Waals surface area contributed by atoms with Crippen molar-refractivity contribution in [1.29, 1.82) is 0 Å². The smallest absolute Gasteiger partial charge is 0.314 e. The molecule has 106 valence electrons. The molecular formula is C15H15BrO4. The van der Waals surface area contributed by atoms with Gasteiger partial charge in [-0.1, -0.05) is 6.42 Å². The van der Waals surface area contributed by atoms with Gasteiger partial charge in [0.2, 0.25) is 0 Å². The topological polar surface area (TPSA) is 55.8 Å². The maximum absolute atomic E-state index is 11.9. The molecule has 0 saturated heterocycles. The molecule has 0 amide bonds. The molecule has 4 rings (SSSR count). The van der Waals surface area contributed by atoms with Crippen LogP contribution in [0.3, 0.4) is 0 Å². The van der Waals surface area contributed by atoms with Crippen LogP contribution in [0.1, 0.15) is 36.0 Å². The lowest BCUT2D eigenvalue weighted by molar-refractivity contribution is -0.147. The first-order valence-electron chi connectivity index (χ1n) is 7.02. The van der Waals surface area contributed by atoms with Crippen LogP contribution in [-0.4, -0.2) is 24.3 Å². The summed E-state index contributed by atoms with van der Waals surface area (Å²) >= 11 is 3.61. The SMILES string of the molecule is O=C(O)C1(c2c3c(c(Br)c4c2OCC4)OCC3)CCC1. The molecule has 4 nitrogen and oxygen atoms in total. The lowest BCUT2D eigenvalue weighted by Crippen LogP contribution is -2.43. The number of carbonyl (C=O) groups is 1. The molecule has 0 aromatic heterocycles. The highest BCUT2D eigenvalue weighted by Gasteiger charge is 2.51. The Morgan fingerprint density at radius 1 is 1.10 bits per heavy atom. The van der Waals surface area contributed by atoms with Crippen molar-refractivity contribution in [3.8, 4) is 11.5 Å². The van der Waals surface area contributed by atoms with Crippen LogP contribution < -0.4 is 9.47 Å². The molecule has 1 aromatic rings. The van der Waals surface area contributed by atoms with Crippen LogP contribution in [0.4, 0.5) is 0 Å². The van der Waals surface area contributed by atoms with Crippen molar-refractivity contribution in [2.45, 2.75) is 37.5 Å². The minimum absolute atomic E-state index is 0.625. The second-order valence-electron chi connectivity index (χ2n) is 5.74. The van der Waals surface area contributed by atoms with E-state index in [1.54, 1.807) is 0 Å². The third kappa shape index (κ3) is 1.39. The predicted molar refractivity (Wildman–Crippen MR) is 75.7 cm³/mol. The average Bonchev–Trinajstić information content (AvgIpc) is 3.00. The van der Waals surface area contributed by atoms with Crippen LogP contribution >= 0.6 is 15.9 Å². The molecule has 2 aliphatic heterocycles. The molecule has 20 heavy (non-hydrogen) atoms. The summed E-state index contributed by atoms with van der Waals surface area (Å²) in [5, 5.41) is 9.76. The van der Waals surface area contributed by atoms with E-state index in [4.69, 9.17) is 9.47 Å². The molecule has 0 spiro atoms. The zero-order chi connectivity index (χ0) is 13.9. The normalized spacial score (nSPS) is 21.4. The van der Waals surface area contributed by atoms with Crippen LogP contribution in [0, 0.1) is 0 Å². The summed E-state index contributed by atoms with van der Waals surface area (Å²) in [5.41, 5.74) is 2.26. The first-order valence-corrected chi connectivity index (χ1v) is 7.81. The van der Waals surface area contributed by atoms with Gasteiger partial charge in [0.25, 0.3) is 0 Å². The lowest BCUT2D eigenvalue weighted by Gasteiger charge is -2.40. The largest absolute Gasteiger partial charge is 0.493 e. The number of carboxylic acids is 1. The highest BCUT2D eigenvalue weighted by Crippen LogP contribution is 2.56. The van der Waals surface area contributed by atoms with Crippen molar-refractivity contribution < 1.29 is 19.4 Å². The van der Waals surface area contributed by atoms with Crippen LogP contribution in [0.15, 0.2) is 4.47 Å². The standard InChI is InChI=1S/C15H15BrO4/c16-11-9-3-7-19-12(9)10(8-2-6-20-13(8)11)15(14(17)18)4-1-5-15/h1-7H2,(H,17,18). The maximum atomic E-state index is 11.9. The molecule has 0 atom stereocenters. The summed E-state index contributed by atoms with van der Waals surface area (Å²) in [6.07, 6.45) is 3.95. The van der Waals surface area contributed by atoms with Gasteiger partial charge in [0.05, 0.1) is 23.1 Å². The highest BCUT2D eigenvalue weighted by molar-refractivity contribution is 9.10. The Bertz CT molecular complexity index is 584. The third-order valence-electron chi connectivity index (χ3n) is 4.83. The average molecular weight is 339 g/mol. The van der Waals surface area contributed by atoms with E-state index in [9.17, 15) is 9.90 Å². The van der Waals surface area contributed by atoms with Crippen LogP contribution in [-0.2, 0) is 23.1 Å². The summed E-state index contributed by atoms with van der Waals surface area (Å²) in [5.74, 6) is 0.929. The highest BCUT2D eigenvalue weighted by atomic mass is 79.9. The zero-order valence-corrected chi connectivity index (χ0v) is 12.6. The number of carboxylic acid groups (broad SMARTS) is 1.